The lowest BCUT2D eigenvalue weighted by Gasteiger charge is -2.03. The number of esters is 1. The second-order valence-electron chi connectivity index (χ2n) is 4.53. The zero-order chi connectivity index (χ0) is 12.2. The third-order valence-corrected chi connectivity index (χ3v) is 2.93. The van der Waals surface area contributed by atoms with E-state index in [1.54, 1.807) is 0 Å². The van der Waals surface area contributed by atoms with Crippen molar-refractivity contribution in [1.82, 2.24) is 0 Å². The first-order chi connectivity index (χ1) is 8.39. The third kappa shape index (κ3) is 8.73. The van der Waals surface area contributed by atoms with Gasteiger partial charge >= 0.3 is 5.97 Å². The van der Waals surface area contributed by atoms with E-state index < -0.39 is 0 Å². The lowest BCUT2D eigenvalue weighted by atomic mass is 10.1. The van der Waals surface area contributed by atoms with Crippen molar-refractivity contribution in [1.29, 1.82) is 0 Å². The summed E-state index contributed by atoms with van der Waals surface area (Å²) >= 11 is 0. The van der Waals surface area contributed by atoms with Gasteiger partial charge in [-0.25, -0.2) is 0 Å². The fourth-order valence-corrected chi connectivity index (χ4v) is 1.90. The molecule has 0 unspecified atom stereocenters. The first kappa shape index (κ1) is 14.0. The number of carbonyl (C=O) groups is 1. The Morgan fingerprint density at radius 1 is 0.824 bits per heavy atom. The van der Waals surface area contributed by atoms with Gasteiger partial charge < -0.3 is 4.74 Å². The van der Waals surface area contributed by atoms with E-state index >= 15 is 0 Å². The fraction of sp³-hybridized carbons (Fsp3) is 0.667. The molecule has 0 bridgehead atoms. The number of cyclic esters (lactones) is 1. The monoisotopic (exact) mass is 236 g/mol. The van der Waals surface area contributed by atoms with E-state index in [2.05, 4.69) is 18.2 Å². The van der Waals surface area contributed by atoms with Gasteiger partial charge in [0.2, 0.25) is 0 Å². The summed E-state index contributed by atoms with van der Waals surface area (Å²) < 4.78 is 5.13. The molecule has 1 rings (SSSR count). The largest absolute Gasteiger partial charge is 0.465 e. The number of hydrogen-bond acceptors (Lipinski definition) is 2. The van der Waals surface area contributed by atoms with Crippen molar-refractivity contribution in [3.8, 4) is 0 Å². The molecular formula is C15H24O2. The number of carbonyl (C=O) groups excluding carboxylic acids is 1. The maximum atomic E-state index is 11.3. The summed E-state index contributed by atoms with van der Waals surface area (Å²) in [5.74, 6) is -0.0407. The van der Waals surface area contributed by atoms with Crippen LogP contribution < -0.4 is 0 Å². The Morgan fingerprint density at radius 3 is 2.29 bits per heavy atom. The summed E-state index contributed by atoms with van der Waals surface area (Å²) in [7, 11) is 0. The van der Waals surface area contributed by atoms with Crippen molar-refractivity contribution in [2.24, 2.45) is 0 Å². The average molecular weight is 236 g/mol. The van der Waals surface area contributed by atoms with Crippen LogP contribution in [-0.4, -0.2) is 12.6 Å². The van der Waals surface area contributed by atoms with Gasteiger partial charge in [0.25, 0.3) is 0 Å². The van der Waals surface area contributed by atoms with Crippen LogP contribution in [0.1, 0.15) is 57.8 Å². The van der Waals surface area contributed by atoms with Crippen LogP contribution in [0.3, 0.4) is 0 Å². The number of rotatable bonds is 0. The molecule has 0 aliphatic carbocycles. The fourth-order valence-electron chi connectivity index (χ4n) is 1.90. The first-order valence-electron chi connectivity index (χ1n) is 6.87. The summed E-state index contributed by atoms with van der Waals surface area (Å²) in [6, 6.07) is 0. The lowest BCUT2D eigenvalue weighted by molar-refractivity contribution is -0.143. The highest BCUT2D eigenvalue weighted by Crippen LogP contribution is 2.09. The Labute approximate surface area is 105 Å². The highest BCUT2D eigenvalue weighted by molar-refractivity contribution is 5.69. The highest BCUT2D eigenvalue weighted by atomic mass is 16.5. The Morgan fingerprint density at radius 2 is 1.47 bits per heavy atom. The summed E-state index contributed by atoms with van der Waals surface area (Å²) in [5, 5.41) is 0. The molecule has 0 radical (unpaired) electrons. The minimum atomic E-state index is -0.0407. The molecule has 1 aliphatic heterocycles. The molecule has 96 valence electrons. The predicted octanol–water partition coefficient (Wildman–Crippen LogP) is 4.17. The third-order valence-electron chi connectivity index (χ3n) is 2.93. The standard InChI is InChI=1S/C15H24O2/c16-15-13-11-9-7-5-3-1-2-4-6-8-10-12-14-17-15/h4,6,8,10H,1-3,5,7,9,11-14H2/b6-4+,10-8+. The van der Waals surface area contributed by atoms with Gasteiger partial charge in [0, 0.05) is 6.42 Å². The topological polar surface area (TPSA) is 26.3 Å². The highest BCUT2D eigenvalue weighted by Gasteiger charge is 2.01. The molecule has 0 aromatic rings. The van der Waals surface area contributed by atoms with E-state index in [-0.39, 0.29) is 5.97 Å². The zero-order valence-corrected chi connectivity index (χ0v) is 10.7. The van der Waals surface area contributed by atoms with Crippen LogP contribution in [0.2, 0.25) is 0 Å². The minimum absolute atomic E-state index is 0.0407. The van der Waals surface area contributed by atoms with E-state index in [0.29, 0.717) is 13.0 Å². The van der Waals surface area contributed by atoms with E-state index in [4.69, 9.17) is 4.74 Å². The van der Waals surface area contributed by atoms with Gasteiger partial charge in [-0.1, -0.05) is 50.0 Å². The molecule has 1 heterocycles. The molecule has 0 saturated carbocycles. The summed E-state index contributed by atoms with van der Waals surface area (Å²) in [4.78, 5) is 11.3. The second kappa shape index (κ2) is 10.1. The maximum Gasteiger partial charge on any atom is 0.305 e. The number of ether oxygens (including phenoxy) is 1. The van der Waals surface area contributed by atoms with E-state index in [1.807, 2.05) is 6.08 Å². The minimum Gasteiger partial charge on any atom is -0.465 e. The van der Waals surface area contributed by atoms with Gasteiger partial charge in [-0.2, -0.15) is 0 Å². The van der Waals surface area contributed by atoms with Crippen LogP contribution in [0.4, 0.5) is 0 Å². The van der Waals surface area contributed by atoms with Crippen LogP contribution in [0.25, 0.3) is 0 Å². The van der Waals surface area contributed by atoms with Crippen LogP contribution >= 0.6 is 0 Å². The smallest absolute Gasteiger partial charge is 0.305 e. The van der Waals surface area contributed by atoms with Crippen LogP contribution in [0, 0.1) is 0 Å². The predicted molar refractivity (Wildman–Crippen MR) is 70.8 cm³/mol. The van der Waals surface area contributed by atoms with Gasteiger partial charge in [0.15, 0.2) is 0 Å². The van der Waals surface area contributed by atoms with Gasteiger partial charge in [0.1, 0.15) is 0 Å². The summed E-state index contributed by atoms with van der Waals surface area (Å²) in [6.45, 7) is 0.517. The molecule has 0 spiro atoms. The second-order valence-corrected chi connectivity index (χ2v) is 4.53. The average Bonchev–Trinajstić information content (AvgIpc) is 2.32. The molecule has 1 aliphatic rings. The summed E-state index contributed by atoms with van der Waals surface area (Å²) in [5.41, 5.74) is 0. The molecular weight excluding hydrogens is 212 g/mol. The number of hydrogen-bond donors (Lipinski definition) is 0. The van der Waals surface area contributed by atoms with E-state index in [1.165, 1.54) is 32.1 Å². The Kier molecular flexibility index (Phi) is 8.35. The van der Waals surface area contributed by atoms with E-state index in [9.17, 15) is 4.79 Å². The van der Waals surface area contributed by atoms with Crippen molar-refractivity contribution in [2.75, 3.05) is 6.61 Å². The van der Waals surface area contributed by atoms with Gasteiger partial charge in [-0.05, 0) is 25.7 Å². The van der Waals surface area contributed by atoms with Gasteiger partial charge in [-0.15, -0.1) is 0 Å². The van der Waals surface area contributed by atoms with Gasteiger partial charge in [0.05, 0.1) is 6.61 Å². The van der Waals surface area contributed by atoms with Gasteiger partial charge in [-0.3, -0.25) is 4.79 Å². The van der Waals surface area contributed by atoms with Crippen molar-refractivity contribution in [3.63, 3.8) is 0 Å². The van der Waals surface area contributed by atoms with E-state index in [0.717, 1.165) is 19.3 Å². The molecule has 0 aromatic heterocycles. The quantitative estimate of drug-likeness (QED) is 0.590. The molecule has 17 heavy (non-hydrogen) atoms. The molecule has 0 fully saturated rings. The Hall–Kier alpha value is -1.05. The van der Waals surface area contributed by atoms with Crippen molar-refractivity contribution >= 4 is 5.97 Å². The van der Waals surface area contributed by atoms with Crippen molar-refractivity contribution < 1.29 is 9.53 Å². The Bertz CT molecular complexity index is 254. The molecule has 2 nitrogen and oxygen atoms in total. The molecule has 0 atom stereocenters. The Balaban J connectivity index is 2.26. The number of allylic oxidation sites excluding steroid dienone is 3. The van der Waals surface area contributed by atoms with Crippen LogP contribution in [-0.2, 0) is 9.53 Å². The SMILES string of the molecule is O=C1CCCCCCCC/C=C/C=C/CCO1. The molecule has 0 saturated heterocycles. The van der Waals surface area contributed by atoms with Crippen molar-refractivity contribution in [3.05, 3.63) is 24.3 Å². The molecule has 0 N–H and O–H groups in total. The van der Waals surface area contributed by atoms with Crippen LogP contribution in [0.15, 0.2) is 24.3 Å². The molecule has 0 amide bonds. The lowest BCUT2D eigenvalue weighted by Crippen LogP contribution is -2.04. The summed E-state index contributed by atoms with van der Waals surface area (Å²) in [6.07, 6.45) is 18.2. The maximum absolute atomic E-state index is 11.3. The van der Waals surface area contributed by atoms with Crippen LogP contribution in [0.5, 0.6) is 0 Å². The first-order valence-corrected chi connectivity index (χ1v) is 6.87. The zero-order valence-electron chi connectivity index (χ0n) is 10.7. The molecule has 0 aromatic carbocycles. The normalized spacial score (nSPS) is 24.8. The molecule has 2 heteroatoms. The van der Waals surface area contributed by atoms with Crippen molar-refractivity contribution in [2.45, 2.75) is 57.8 Å².